The summed E-state index contributed by atoms with van der Waals surface area (Å²) in [4.78, 5) is 4.50. The fourth-order valence-corrected chi connectivity index (χ4v) is 2.82. The van der Waals surface area contributed by atoms with Gasteiger partial charge >= 0.3 is 0 Å². The molecule has 0 aliphatic heterocycles. The maximum atomic E-state index is 4.50. The molecular weight excluding hydrogens is 240 g/mol. The maximum Gasteiger partial charge on any atom is 0.100 e. The van der Waals surface area contributed by atoms with Gasteiger partial charge in [0.2, 0.25) is 0 Å². The molecule has 0 spiro atoms. The van der Waals surface area contributed by atoms with Crippen LogP contribution in [0.1, 0.15) is 39.7 Å². The second kappa shape index (κ2) is 8.54. The number of rotatable bonds is 8. The fourth-order valence-electron chi connectivity index (χ4n) is 1.58. The molecule has 2 nitrogen and oxygen atoms in total. The van der Waals surface area contributed by atoms with E-state index in [2.05, 4.69) is 44.1 Å². The van der Waals surface area contributed by atoms with Crippen LogP contribution in [0.5, 0.6) is 0 Å². The highest BCUT2D eigenvalue weighted by Crippen LogP contribution is 2.22. The zero-order valence-corrected chi connectivity index (χ0v) is 12.9. The molecule has 1 N–H and O–H groups in total. The summed E-state index contributed by atoms with van der Waals surface area (Å²) in [6, 6.07) is 4.21. The lowest BCUT2D eigenvalue weighted by Crippen LogP contribution is -2.19. The van der Waals surface area contributed by atoms with Gasteiger partial charge in [-0.1, -0.05) is 33.8 Å². The van der Waals surface area contributed by atoms with Crippen LogP contribution in [-0.4, -0.2) is 17.3 Å². The average molecular weight is 266 g/mol. The minimum Gasteiger partial charge on any atom is -0.312 e. The number of hydrogen-bond donors (Lipinski definition) is 1. The molecule has 0 saturated heterocycles. The zero-order valence-electron chi connectivity index (χ0n) is 12.1. The Hall–Kier alpha value is -0.540. The Kier molecular flexibility index (Phi) is 7.36. The van der Waals surface area contributed by atoms with Crippen molar-refractivity contribution in [2.45, 2.75) is 45.7 Å². The van der Waals surface area contributed by atoms with Gasteiger partial charge in [-0.2, -0.15) is 0 Å². The van der Waals surface area contributed by atoms with Gasteiger partial charge in [0, 0.05) is 12.7 Å². The van der Waals surface area contributed by atoms with E-state index in [0.717, 1.165) is 24.8 Å². The van der Waals surface area contributed by atoms with Gasteiger partial charge in [0.25, 0.3) is 0 Å². The summed E-state index contributed by atoms with van der Waals surface area (Å²) in [6.45, 7) is 11.0. The quantitative estimate of drug-likeness (QED) is 0.721. The molecule has 1 aromatic heterocycles. The van der Waals surface area contributed by atoms with Crippen LogP contribution in [0, 0.1) is 11.8 Å². The monoisotopic (exact) mass is 266 g/mol. The molecule has 0 aliphatic carbocycles. The molecule has 102 valence electrons. The van der Waals surface area contributed by atoms with Crippen molar-refractivity contribution >= 4 is 11.8 Å². The average Bonchev–Trinajstić information content (AvgIpc) is 2.30. The lowest BCUT2D eigenvalue weighted by molar-refractivity contribution is 0.548. The highest BCUT2D eigenvalue weighted by molar-refractivity contribution is 7.99. The molecule has 3 heteroatoms. The van der Waals surface area contributed by atoms with Crippen molar-refractivity contribution in [1.82, 2.24) is 10.3 Å². The molecule has 1 heterocycles. The van der Waals surface area contributed by atoms with Crippen molar-refractivity contribution in [3.63, 3.8) is 0 Å². The van der Waals surface area contributed by atoms with Crippen molar-refractivity contribution in [2.24, 2.45) is 11.8 Å². The summed E-state index contributed by atoms with van der Waals surface area (Å²) in [5.74, 6) is 2.62. The van der Waals surface area contributed by atoms with Crippen LogP contribution in [0.15, 0.2) is 23.4 Å². The molecule has 0 aliphatic rings. The first-order chi connectivity index (χ1) is 8.59. The highest BCUT2D eigenvalue weighted by Gasteiger charge is 2.05. The van der Waals surface area contributed by atoms with Gasteiger partial charge in [-0.05, 0) is 42.2 Å². The van der Waals surface area contributed by atoms with Crippen molar-refractivity contribution in [1.29, 1.82) is 0 Å². The molecule has 0 aromatic carbocycles. The first kappa shape index (κ1) is 15.5. The Bertz CT molecular complexity index is 304. The topological polar surface area (TPSA) is 24.9 Å². The molecule has 0 fully saturated rings. The SMILES string of the molecule is CC(C)CCSc1ncccc1CNCC(C)C. The number of thioether (sulfide) groups is 1. The van der Waals surface area contributed by atoms with E-state index in [4.69, 9.17) is 0 Å². The number of hydrogen-bond acceptors (Lipinski definition) is 3. The first-order valence-electron chi connectivity index (χ1n) is 6.87. The minimum absolute atomic E-state index is 0.693. The van der Waals surface area contributed by atoms with E-state index in [1.165, 1.54) is 17.0 Å². The van der Waals surface area contributed by atoms with Gasteiger partial charge in [-0.25, -0.2) is 4.98 Å². The number of pyridine rings is 1. The number of aromatic nitrogens is 1. The molecule has 0 radical (unpaired) electrons. The van der Waals surface area contributed by atoms with E-state index >= 15 is 0 Å². The third-order valence-corrected chi connectivity index (χ3v) is 3.73. The maximum absolute atomic E-state index is 4.50. The van der Waals surface area contributed by atoms with Crippen molar-refractivity contribution in [3.8, 4) is 0 Å². The third kappa shape index (κ3) is 6.41. The molecule has 0 amide bonds. The largest absolute Gasteiger partial charge is 0.312 e. The van der Waals surface area contributed by atoms with Crippen LogP contribution in [0.25, 0.3) is 0 Å². The lowest BCUT2D eigenvalue weighted by Gasteiger charge is -2.11. The van der Waals surface area contributed by atoms with E-state index in [1.807, 2.05) is 24.0 Å². The summed E-state index contributed by atoms with van der Waals surface area (Å²) < 4.78 is 0. The molecule has 0 atom stereocenters. The van der Waals surface area contributed by atoms with Gasteiger partial charge in [0.15, 0.2) is 0 Å². The van der Waals surface area contributed by atoms with Crippen LogP contribution in [-0.2, 0) is 6.54 Å². The van der Waals surface area contributed by atoms with Crippen LogP contribution >= 0.6 is 11.8 Å². The molecule has 0 saturated carbocycles. The zero-order chi connectivity index (χ0) is 13.4. The van der Waals surface area contributed by atoms with Crippen molar-refractivity contribution in [2.75, 3.05) is 12.3 Å². The lowest BCUT2D eigenvalue weighted by atomic mass is 10.2. The van der Waals surface area contributed by atoms with Crippen molar-refractivity contribution in [3.05, 3.63) is 23.9 Å². The number of nitrogens with zero attached hydrogens (tertiary/aromatic N) is 1. The smallest absolute Gasteiger partial charge is 0.100 e. The minimum atomic E-state index is 0.693. The molecule has 1 aromatic rings. The van der Waals surface area contributed by atoms with Crippen LogP contribution in [0.3, 0.4) is 0 Å². The fraction of sp³-hybridized carbons (Fsp3) is 0.667. The molecular formula is C15H26N2S. The summed E-state index contributed by atoms with van der Waals surface area (Å²) in [6.07, 6.45) is 3.14. The molecule has 18 heavy (non-hydrogen) atoms. The predicted octanol–water partition coefficient (Wildman–Crippen LogP) is 3.97. The van der Waals surface area contributed by atoms with Gasteiger partial charge in [-0.15, -0.1) is 11.8 Å². The Morgan fingerprint density at radius 3 is 2.67 bits per heavy atom. The van der Waals surface area contributed by atoms with Gasteiger partial charge in [-0.3, -0.25) is 0 Å². The van der Waals surface area contributed by atoms with Crippen molar-refractivity contribution < 1.29 is 0 Å². The Labute approximate surface area is 116 Å². The van der Waals surface area contributed by atoms with E-state index < -0.39 is 0 Å². The molecule has 1 rings (SSSR count). The van der Waals surface area contributed by atoms with Crippen LogP contribution in [0.4, 0.5) is 0 Å². The second-order valence-corrected chi connectivity index (χ2v) is 6.61. The number of nitrogens with one attached hydrogen (secondary N) is 1. The van der Waals surface area contributed by atoms with E-state index in [1.54, 1.807) is 0 Å². The normalized spacial score (nSPS) is 11.4. The summed E-state index contributed by atoms with van der Waals surface area (Å²) in [5.41, 5.74) is 1.33. The van der Waals surface area contributed by atoms with E-state index in [-0.39, 0.29) is 0 Å². The van der Waals surface area contributed by atoms with Gasteiger partial charge < -0.3 is 5.32 Å². The van der Waals surface area contributed by atoms with Gasteiger partial charge in [0.1, 0.15) is 5.03 Å². The van der Waals surface area contributed by atoms with E-state index in [0.29, 0.717) is 5.92 Å². The van der Waals surface area contributed by atoms with Crippen LogP contribution in [0.2, 0.25) is 0 Å². The highest BCUT2D eigenvalue weighted by atomic mass is 32.2. The Balaban J connectivity index is 2.45. The third-order valence-electron chi connectivity index (χ3n) is 2.65. The summed E-state index contributed by atoms with van der Waals surface area (Å²) in [5, 5.41) is 4.68. The standard InChI is InChI=1S/C15H26N2S/c1-12(2)7-9-18-15-14(6-5-8-17-15)11-16-10-13(3)4/h5-6,8,12-13,16H,7,9-11H2,1-4H3. The van der Waals surface area contributed by atoms with E-state index in [9.17, 15) is 0 Å². The molecule has 0 bridgehead atoms. The first-order valence-corrected chi connectivity index (χ1v) is 7.85. The summed E-state index contributed by atoms with van der Waals surface area (Å²) in [7, 11) is 0. The second-order valence-electron chi connectivity index (χ2n) is 5.52. The summed E-state index contributed by atoms with van der Waals surface area (Å²) >= 11 is 1.88. The predicted molar refractivity (Wildman–Crippen MR) is 81.0 cm³/mol. The van der Waals surface area contributed by atoms with Gasteiger partial charge in [0.05, 0.1) is 0 Å². The Morgan fingerprint density at radius 2 is 2.00 bits per heavy atom. The Morgan fingerprint density at radius 1 is 1.22 bits per heavy atom. The van der Waals surface area contributed by atoms with Crippen LogP contribution < -0.4 is 5.32 Å². The molecule has 0 unspecified atom stereocenters.